The summed E-state index contributed by atoms with van der Waals surface area (Å²) in [7, 11) is 1.92. The van der Waals surface area contributed by atoms with Crippen molar-refractivity contribution in [3.05, 3.63) is 29.2 Å². The van der Waals surface area contributed by atoms with Gasteiger partial charge in [0.15, 0.2) is 0 Å². The fraction of sp³-hybridized carbons (Fsp3) is 0.357. The number of nitrogens with zero attached hydrogens (tertiary/aromatic N) is 4. The van der Waals surface area contributed by atoms with Crippen molar-refractivity contribution in [1.29, 1.82) is 0 Å². The molecule has 21 heavy (non-hydrogen) atoms. The molecule has 7 heteroatoms. The lowest BCUT2D eigenvalue weighted by Gasteiger charge is -2.03. The predicted molar refractivity (Wildman–Crippen MR) is 75.1 cm³/mol. The van der Waals surface area contributed by atoms with Gasteiger partial charge in [-0.25, -0.2) is 4.99 Å². The summed E-state index contributed by atoms with van der Waals surface area (Å²) in [5.74, 6) is -1.08. The minimum absolute atomic E-state index is 0.0876. The van der Waals surface area contributed by atoms with Crippen LogP contribution in [-0.2, 0) is 7.05 Å². The van der Waals surface area contributed by atoms with Crippen molar-refractivity contribution in [2.24, 2.45) is 17.0 Å². The first kappa shape index (κ1) is 13.8. The first-order chi connectivity index (χ1) is 9.79. The van der Waals surface area contributed by atoms with Gasteiger partial charge in [0, 0.05) is 24.3 Å². The standard InChI is InChI=1S/C14H13F3N4/c1-7-8(2)21(3)12-4-10(18-5-9(7)12)11-6-19-13(20-11)14(15,16)17/h4-5H,6H2,1-3H3. The first-order valence-corrected chi connectivity index (χ1v) is 6.40. The molecule has 0 saturated carbocycles. The van der Waals surface area contributed by atoms with Gasteiger partial charge in [0.05, 0.1) is 23.5 Å². The third kappa shape index (κ3) is 2.12. The van der Waals surface area contributed by atoms with Gasteiger partial charge >= 0.3 is 6.18 Å². The molecule has 0 atom stereocenters. The van der Waals surface area contributed by atoms with Gasteiger partial charge < -0.3 is 4.57 Å². The van der Waals surface area contributed by atoms with Crippen molar-refractivity contribution in [2.45, 2.75) is 20.0 Å². The topological polar surface area (TPSA) is 42.5 Å². The molecule has 0 aliphatic carbocycles. The van der Waals surface area contributed by atoms with Crippen molar-refractivity contribution < 1.29 is 13.2 Å². The van der Waals surface area contributed by atoms with E-state index in [0.29, 0.717) is 5.69 Å². The van der Waals surface area contributed by atoms with Crippen molar-refractivity contribution in [2.75, 3.05) is 6.54 Å². The average Bonchev–Trinajstić information content (AvgIpc) is 3.00. The van der Waals surface area contributed by atoms with Gasteiger partial charge in [-0.2, -0.15) is 13.2 Å². The third-order valence-electron chi connectivity index (χ3n) is 3.86. The van der Waals surface area contributed by atoms with Crippen LogP contribution in [-0.4, -0.2) is 33.8 Å². The molecule has 1 aliphatic rings. The molecule has 0 N–H and O–H groups in total. The number of hydrogen-bond acceptors (Lipinski definition) is 3. The maximum Gasteiger partial charge on any atom is 0.451 e. The molecule has 110 valence electrons. The lowest BCUT2D eigenvalue weighted by molar-refractivity contribution is -0.0595. The van der Waals surface area contributed by atoms with E-state index in [2.05, 4.69) is 15.0 Å². The molecule has 0 spiro atoms. The highest BCUT2D eigenvalue weighted by atomic mass is 19.4. The van der Waals surface area contributed by atoms with Crippen molar-refractivity contribution in [3.63, 3.8) is 0 Å². The Balaban J connectivity index is 2.06. The van der Waals surface area contributed by atoms with Crippen molar-refractivity contribution in [1.82, 2.24) is 9.55 Å². The Morgan fingerprint density at radius 1 is 1.24 bits per heavy atom. The molecule has 0 amide bonds. The Labute approximate surface area is 119 Å². The third-order valence-corrected chi connectivity index (χ3v) is 3.86. The van der Waals surface area contributed by atoms with E-state index in [9.17, 15) is 13.2 Å². The van der Waals surface area contributed by atoms with E-state index in [0.717, 1.165) is 22.2 Å². The smallest absolute Gasteiger partial charge is 0.348 e. The molecular weight excluding hydrogens is 281 g/mol. The van der Waals surface area contributed by atoms with Crippen LogP contribution in [0, 0.1) is 13.8 Å². The van der Waals surface area contributed by atoms with Crippen molar-refractivity contribution in [3.8, 4) is 0 Å². The Bertz CT molecular complexity index is 797. The van der Waals surface area contributed by atoms with Gasteiger partial charge in [-0.05, 0) is 25.5 Å². The molecule has 4 nitrogen and oxygen atoms in total. The lowest BCUT2D eigenvalue weighted by atomic mass is 10.1. The zero-order valence-electron chi connectivity index (χ0n) is 11.8. The highest BCUT2D eigenvalue weighted by molar-refractivity contribution is 6.13. The molecule has 0 saturated heterocycles. The molecular formula is C14H13F3N4. The molecule has 0 unspecified atom stereocenters. The number of alkyl halides is 3. The summed E-state index contributed by atoms with van der Waals surface area (Å²) < 4.78 is 39.7. The molecule has 0 fully saturated rings. The highest BCUT2D eigenvalue weighted by Gasteiger charge is 2.38. The van der Waals surface area contributed by atoms with Crippen LogP contribution >= 0.6 is 0 Å². The molecule has 3 rings (SSSR count). The summed E-state index contributed by atoms with van der Waals surface area (Å²) in [6.45, 7) is 3.90. The number of halogens is 3. The SMILES string of the molecule is Cc1c(C)n(C)c2cc(C3=NC(C(F)(F)F)=NC3)ncc12. The van der Waals surface area contributed by atoms with E-state index in [-0.39, 0.29) is 12.3 Å². The molecule has 1 aliphatic heterocycles. The first-order valence-electron chi connectivity index (χ1n) is 6.40. The second-order valence-electron chi connectivity index (χ2n) is 5.05. The number of aromatic nitrogens is 2. The van der Waals surface area contributed by atoms with Gasteiger partial charge in [-0.1, -0.05) is 0 Å². The molecule has 0 aromatic carbocycles. The fourth-order valence-corrected chi connectivity index (χ4v) is 2.44. The lowest BCUT2D eigenvalue weighted by Crippen LogP contribution is -2.19. The van der Waals surface area contributed by atoms with Crippen LogP contribution in [0.3, 0.4) is 0 Å². The van der Waals surface area contributed by atoms with E-state index in [4.69, 9.17) is 0 Å². The van der Waals surface area contributed by atoms with E-state index in [1.165, 1.54) is 0 Å². The second kappa shape index (κ2) is 4.41. The zero-order valence-corrected chi connectivity index (χ0v) is 11.8. The maximum absolute atomic E-state index is 12.6. The molecule has 0 bridgehead atoms. The Kier molecular flexibility index (Phi) is 2.89. The number of rotatable bonds is 1. The predicted octanol–water partition coefficient (Wildman–Crippen LogP) is 2.95. The monoisotopic (exact) mass is 294 g/mol. The van der Waals surface area contributed by atoms with Crippen LogP contribution in [0.1, 0.15) is 17.0 Å². The largest absolute Gasteiger partial charge is 0.451 e. The van der Waals surface area contributed by atoms with Crippen molar-refractivity contribution >= 4 is 22.5 Å². The molecule has 0 radical (unpaired) electrons. The zero-order chi connectivity index (χ0) is 15.4. The summed E-state index contributed by atoms with van der Waals surface area (Å²) in [6.07, 6.45) is -2.83. The second-order valence-corrected chi connectivity index (χ2v) is 5.05. The van der Waals surface area contributed by atoms with Gasteiger partial charge in [0.25, 0.3) is 0 Å². The number of aliphatic imine (C=N–C) groups is 2. The Hall–Kier alpha value is -2.18. The summed E-state index contributed by atoms with van der Waals surface area (Å²) in [5, 5.41) is 0.995. The number of hydrogen-bond donors (Lipinski definition) is 0. The highest BCUT2D eigenvalue weighted by Crippen LogP contribution is 2.26. The van der Waals surface area contributed by atoms with Crippen LogP contribution in [0.2, 0.25) is 0 Å². The van der Waals surface area contributed by atoms with E-state index in [1.807, 2.05) is 25.5 Å². The summed E-state index contributed by atoms with van der Waals surface area (Å²) >= 11 is 0. The van der Waals surface area contributed by atoms with Gasteiger partial charge in [-0.3, -0.25) is 9.98 Å². The number of fused-ring (bicyclic) bond motifs is 1. The van der Waals surface area contributed by atoms with Gasteiger partial charge in [0.2, 0.25) is 5.84 Å². The molecule has 3 heterocycles. The van der Waals surface area contributed by atoms with E-state index in [1.54, 1.807) is 12.3 Å². The number of amidine groups is 1. The minimum Gasteiger partial charge on any atom is -0.348 e. The minimum atomic E-state index is -4.51. The van der Waals surface area contributed by atoms with Gasteiger partial charge in [-0.15, -0.1) is 0 Å². The summed E-state index contributed by atoms with van der Waals surface area (Å²) in [4.78, 5) is 11.2. The normalized spacial score (nSPS) is 15.5. The van der Waals surface area contributed by atoms with Crippen LogP contribution < -0.4 is 0 Å². The fourth-order valence-electron chi connectivity index (χ4n) is 2.44. The maximum atomic E-state index is 12.6. The van der Waals surface area contributed by atoms with E-state index >= 15 is 0 Å². The Morgan fingerprint density at radius 3 is 2.57 bits per heavy atom. The number of aryl methyl sites for hydroxylation is 2. The molecule has 2 aromatic rings. The average molecular weight is 294 g/mol. The summed E-state index contributed by atoms with van der Waals surface area (Å²) in [6, 6.07) is 1.77. The molecule has 2 aromatic heterocycles. The summed E-state index contributed by atoms with van der Waals surface area (Å²) in [5.41, 5.74) is 3.83. The van der Waals surface area contributed by atoms with Crippen LogP contribution in [0.15, 0.2) is 22.2 Å². The Morgan fingerprint density at radius 2 is 1.95 bits per heavy atom. The van der Waals surface area contributed by atoms with Crippen LogP contribution in [0.25, 0.3) is 10.9 Å². The quantitative estimate of drug-likeness (QED) is 0.797. The number of pyridine rings is 1. The van der Waals surface area contributed by atoms with Crippen LogP contribution in [0.5, 0.6) is 0 Å². The van der Waals surface area contributed by atoms with Crippen LogP contribution in [0.4, 0.5) is 13.2 Å². The van der Waals surface area contributed by atoms with Gasteiger partial charge in [0.1, 0.15) is 0 Å². The van der Waals surface area contributed by atoms with E-state index < -0.39 is 12.0 Å².